The Morgan fingerprint density at radius 2 is 2.36 bits per heavy atom. The summed E-state index contributed by atoms with van der Waals surface area (Å²) < 4.78 is 2.74. The van der Waals surface area contributed by atoms with Crippen molar-refractivity contribution in [2.75, 3.05) is 0 Å². The second-order valence-corrected chi connectivity index (χ2v) is 4.22. The predicted molar refractivity (Wildman–Crippen MR) is 59.5 cm³/mol. The summed E-state index contributed by atoms with van der Waals surface area (Å²) in [4.78, 5) is 0.436. The van der Waals surface area contributed by atoms with Crippen molar-refractivity contribution in [1.82, 2.24) is 4.57 Å². The number of aromatic nitrogens is 1. The molecule has 4 heteroatoms. The largest absolute Gasteiger partial charge is 0.304 e. The lowest BCUT2D eigenvalue weighted by Gasteiger charge is -2.00. The SMILES string of the molecule is C#CCn1c(=N)sc2cccc(Cl)c21. The van der Waals surface area contributed by atoms with Gasteiger partial charge in [-0.15, -0.1) is 6.42 Å². The third-order valence-corrected chi connectivity index (χ3v) is 3.19. The zero-order valence-corrected chi connectivity index (χ0v) is 8.82. The highest BCUT2D eigenvalue weighted by Crippen LogP contribution is 2.24. The van der Waals surface area contributed by atoms with Crippen LogP contribution in [0.3, 0.4) is 0 Å². The average Bonchev–Trinajstić information content (AvgIpc) is 2.45. The van der Waals surface area contributed by atoms with E-state index in [4.69, 9.17) is 23.4 Å². The molecule has 0 atom stereocenters. The van der Waals surface area contributed by atoms with Crippen molar-refractivity contribution in [2.24, 2.45) is 0 Å². The van der Waals surface area contributed by atoms with Crippen LogP contribution in [-0.4, -0.2) is 4.57 Å². The molecule has 0 aliphatic carbocycles. The van der Waals surface area contributed by atoms with Crippen molar-refractivity contribution in [3.05, 3.63) is 28.0 Å². The fraction of sp³-hybridized carbons (Fsp3) is 0.100. The van der Waals surface area contributed by atoms with Gasteiger partial charge in [0.05, 0.1) is 21.8 Å². The Kier molecular flexibility index (Phi) is 2.32. The first-order chi connectivity index (χ1) is 6.74. The van der Waals surface area contributed by atoms with Crippen molar-refractivity contribution in [1.29, 1.82) is 5.41 Å². The molecule has 0 aliphatic heterocycles. The van der Waals surface area contributed by atoms with Gasteiger partial charge in [0.25, 0.3) is 0 Å². The number of para-hydroxylation sites is 1. The lowest BCUT2D eigenvalue weighted by atomic mass is 10.3. The van der Waals surface area contributed by atoms with Crippen LogP contribution in [0.25, 0.3) is 10.2 Å². The fourth-order valence-corrected chi connectivity index (χ4v) is 2.61. The molecule has 14 heavy (non-hydrogen) atoms. The van der Waals surface area contributed by atoms with Crippen LogP contribution in [-0.2, 0) is 6.54 Å². The second-order valence-electron chi connectivity index (χ2n) is 2.78. The van der Waals surface area contributed by atoms with Gasteiger partial charge in [0.15, 0.2) is 4.80 Å². The number of hydrogen-bond acceptors (Lipinski definition) is 2. The molecule has 0 saturated carbocycles. The summed E-state index contributed by atoms with van der Waals surface area (Å²) in [5.41, 5.74) is 0.863. The summed E-state index contributed by atoms with van der Waals surface area (Å²) in [7, 11) is 0. The van der Waals surface area contributed by atoms with Gasteiger partial charge in [0, 0.05) is 0 Å². The summed E-state index contributed by atoms with van der Waals surface area (Å²) in [6, 6.07) is 5.63. The first-order valence-corrected chi connectivity index (χ1v) is 5.19. The third-order valence-electron chi connectivity index (χ3n) is 1.92. The smallest absolute Gasteiger partial charge is 0.183 e. The highest BCUT2D eigenvalue weighted by Gasteiger charge is 2.06. The van der Waals surface area contributed by atoms with Crippen LogP contribution < -0.4 is 4.80 Å². The van der Waals surface area contributed by atoms with Gasteiger partial charge in [-0.25, -0.2) is 0 Å². The van der Waals surface area contributed by atoms with E-state index in [2.05, 4.69) is 5.92 Å². The fourth-order valence-electron chi connectivity index (χ4n) is 1.34. The van der Waals surface area contributed by atoms with Crippen LogP contribution in [0.15, 0.2) is 18.2 Å². The monoisotopic (exact) mass is 222 g/mol. The first kappa shape index (κ1) is 9.32. The van der Waals surface area contributed by atoms with E-state index in [1.165, 1.54) is 11.3 Å². The molecule has 2 nitrogen and oxygen atoms in total. The summed E-state index contributed by atoms with van der Waals surface area (Å²) in [6.07, 6.45) is 5.24. The number of benzene rings is 1. The quantitative estimate of drug-likeness (QED) is 0.719. The molecule has 0 bridgehead atoms. The normalized spacial score (nSPS) is 10.3. The molecule has 0 saturated heterocycles. The van der Waals surface area contributed by atoms with E-state index in [0.29, 0.717) is 16.4 Å². The Morgan fingerprint density at radius 3 is 3.07 bits per heavy atom. The number of nitrogens with one attached hydrogen (secondary N) is 1. The van der Waals surface area contributed by atoms with Gasteiger partial charge >= 0.3 is 0 Å². The van der Waals surface area contributed by atoms with E-state index in [1.54, 1.807) is 4.57 Å². The van der Waals surface area contributed by atoms with Crippen LogP contribution >= 0.6 is 22.9 Å². The Labute approximate surface area is 90.3 Å². The second kappa shape index (κ2) is 3.49. The molecule has 0 fully saturated rings. The molecule has 2 aromatic rings. The third kappa shape index (κ3) is 1.33. The minimum absolute atomic E-state index is 0.391. The average molecular weight is 223 g/mol. The molecule has 0 unspecified atom stereocenters. The Balaban J connectivity index is 2.88. The van der Waals surface area contributed by atoms with Crippen molar-refractivity contribution >= 4 is 33.2 Å². The Hall–Kier alpha value is -1.24. The number of hydrogen-bond donors (Lipinski definition) is 1. The molecule has 0 aliphatic rings. The van der Waals surface area contributed by atoms with Gasteiger partial charge in [-0.1, -0.05) is 34.9 Å². The maximum Gasteiger partial charge on any atom is 0.183 e. The van der Waals surface area contributed by atoms with Gasteiger partial charge < -0.3 is 4.57 Å². The van der Waals surface area contributed by atoms with Crippen molar-refractivity contribution in [2.45, 2.75) is 6.54 Å². The maximum atomic E-state index is 7.73. The van der Waals surface area contributed by atoms with E-state index in [1.807, 2.05) is 18.2 Å². The van der Waals surface area contributed by atoms with Crippen molar-refractivity contribution < 1.29 is 0 Å². The number of halogens is 1. The van der Waals surface area contributed by atoms with E-state index < -0.39 is 0 Å². The zero-order valence-electron chi connectivity index (χ0n) is 7.25. The number of terminal acetylenes is 1. The highest BCUT2D eigenvalue weighted by atomic mass is 35.5. The van der Waals surface area contributed by atoms with Crippen LogP contribution in [0.2, 0.25) is 5.02 Å². The minimum Gasteiger partial charge on any atom is -0.304 e. The Morgan fingerprint density at radius 1 is 1.57 bits per heavy atom. The van der Waals surface area contributed by atoms with Crippen LogP contribution in [0.5, 0.6) is 0 Å². The number of thiazole rings is 1. The Bertz CT molecular complexity index is 574. The zero-order chi connectivity index (χ0) is 10.1. The standard InChI is InChI=1S/C10H7ClN2S/c1-2-6-13-9-7(11)4-3-5-8(9)14-10(13)12/h1,3-5,12H,6H2. The number of nitrogens with zero attached hydrogens (tertiary/aromatic N) is 1. The molecular formula is C10H7ClN2S. The molecule has 1 heterocycles. The molecule has 0 radical (unpaired) electrons. The van der Waals surface area contributed by atoms with Crippen LogP contribution in [0.4, 0.5) is 0 Å². The maximum absolute atomic E-state index is 7.73. The van der Waals surface area contributed by atoms with Gasteiger partial charge in [-0.2, -0.15) is 0 Å². The minimum atomic E-state index is 0.391. The summed E-state index contributed by atoms with van der Waals surface area (Å²) in [5.74, 6) is 2.52. The van der Waals surface area contributed by atoms with Crippen molar-refractivity contribution in [3.8, 4) is 12.3 Å². The predicted octanol–water partition coefficient (Wildman–Crippen LogP) is 2.47. The van der Waals surface area contributed by atoms with Gasteiger partial charge in [-0.3, -0.25) is 5.41 Å². The summed E-state index contributed by atoms with van der Waals surface area (Å²) in [5, 5.41) is 8.37. The van der Waals surface area contributed by atoms with Crippen LogP contribution in [0.1, 0.15) is 0 Å². The molecule has 0 amide bonds. The lowest BCUT2D eigenvalue weighted by Crippen LogP contribution is -2.11. The topological polar surface area (TPSA) is 28.8 Å². The molecule has 70 valence electrons. The van der Waals surface area contributed by atoms with E-state index >= 15 is 0 Å². The lowest BCUT2D eigenvalue weighted by molar-refractivity contribution is 0.828. The van der Waals surface area contributed by atoms with Gasteiger partial charge in [-0.05, 0) is 12.1 Å². The molecular weight excluding hydrogens is 216 g/mol. The highest BCUT2D eigenvalue weighted by molar-refractivity contribution is 7.16. The van der Waals surface area contributed by atoms with Crippen molar-refractivity contribution in [3.63, 3.8) is 0 Å². The van der Waals surface area contributed by atoms with E-state index in [0.717, 1.165) is 10.2 Å². The summed E-state index contributed by atoms with van der Waals surface area (Å²) in [6.45, 7) is 0.391. The number of fused-ring (bicyclic) bond motifs is 1. The van der Waals surface area contributed by atoms with E-state index in [-0.39, 0.29) is 0 Å². The van der Waals surface area contributed by atoms with Crippen LogP contribution in [0, 0.1) is 17.8 Å². The molecule has 1 N–H and O–H groups in total. The molecule has 0 spiro atoms. The first-order valence-electron chi connectivity index (χ1n) is 4.00. The molecule has 1 aromatic heterocycles. The van der Waals surface area contributed by atoms with Gasteiger partial charge in [0.2, 0.25) is 0 Å². The molecule has 2 rings (SSSR count). The molecule has 1 aromatic carbocycles. The van der Waals surface area contributed by atoms with E-state index in [9.17, 15) is 0 Å². The van der Waals surface area contributed by atoms with Gasteiger partial charge in [0.1, 0.15) is 0 Å². The number of rotatable bonds is 1. The summed E-state index contributed by atoms with van der Waals surface area (Å²) >= 11 is 7.43.